The van der Waals surface area contributed by atoms with Gasteiger partial charge in [-0.1, -0.05) is 12.5 Å². The Hall–Kier alpha value is -1.55. The Morgan fingerprint density at radius 2 is 2.25 bits per heavy atom. The highest BCUT2D eigenvalue weighted by molar-refractivity contribution is 5.93. The maximum atomic E-state index is 11.9. The molecule has 2 unspecified atom stereocenters. The van der Waals surface area contributed by atoms with Gasteiger partial charge in [0.2, 0.25) is 5.91 Å². The van der Waals surface area contributed by atoms with Crippen molar-refractivity contribution in [3.63, 3.8) is 0 Å². The van der Waals surface area contributed by atoms with Gasteiger partial charge in [-0.2, -0.15) is 0 Å². The average molecular weight is 220 g/mol. The quantitative estimate of drug-likeness (QED) is 0.706. The summed E-state index contributed by atoms with van der Waals surface area (Å²) in [7, 11) is 0. The standard InChI is InChI=1S/C12H16N2O2/c13-11-6-2-5-10(11)12(16)14-8-3-1-4-9(15)7-8/h1,3-4,7,10-11,15H,2,5-6,13H2,(H,14,16). The van der Waals surface area contributed by atoms with E-state index in [9.17, 15) is 9.90 Å². The number of carbonyl (C=O) groups excluding carboxylic acids is 1. The first-order chi connectivity index (χ1) is 7.66. The molecule has 4 heteroatoms. The third kappa shape index (κ3) is 2.33. The van der Waals surface area contributed by atoms with Gasteiger partial charge in [0, 0.05) is 17.8 Å². The molecule has 1 aliphatic rings. The molecular formula is C12H16N2O2. The summed E-state index contributed by atoms with van der Waals surface area (Å²) in [6.45, 7) is 0. The number of phenolic OH excluding ortho intramolecular Hbond substituents is 1. The van der Waals surface area contributed by atoms with E-state index < -0.39 is 0 Å². The van der Waals surface area contributed by atoms with Crippen LogP contribution in [0.15, 0.2) is 24.3 Å². The number of amides is 1. The van der Waals surface area contributed by atoms with Crippen LogP contribution in [0.3, 0.4) is 0 Å². The monoisotopic (exact) mass is 220 g/mol. The summed E-state index contributed by atoms with van der Waals surface area (Å²) in [5.41, 5.74) is 6.47. The predicted molar refractivity (Wildman–Crippen MR) is 62.1 cm³/mol. The van der Waals surface area contributed by atoms with E-state index in [1.165, 1.54) is 6.07 Å². The Morgan fingerprint density at radius 1 is 1.44 bits per heavy atom. The SMILES string of the molecule is NC1CCCC1C(=O)Nc1cccc(O)c1. The number of phenols is 1. The first-order valence-corrected chi connectivity index (χ1v) is 5.52. The normalized spacial score (nSPS) is 24.3. The van der Waals surface area contributed by atoms with E-state index in [1.807, 2.05) is 0 Å². The fourth-order valence-electron chi connectivity index (χ4n) is 2.13. The third-order valence-corrected chi connectivity index (χ3v) is 3.02. The van der Waals surface area contributed by atoms with Gasteiger partial charge in [-0.15, -0.1) is 0 Å². The highest BCUT2D eigenvalue weighted by atomic mass is 16.3. The second-order valence-electron chi connectivity index (χ2n) is 4.24. The molecule has 86 valence electrons. The highest BCUT2D eigenvalue weighted by Gasteiger charge is 2.30. The Balaban J connectivity index is 2.02. The molecule has 1 amide bonds. The zero-order valence-corrected chi connectivity index (χ0v) is 9.02. The molecule has 1 fully saturated rings. The van der Waals surface area contributed by atoms with Gasteiger partial charge in [-0.3, -0.25) is 4.79 Å². The van der Waals surface area contributed by atoms with Crippen molar-refractivity contribution >= 4 is 11.6 Å². The summed E-state index contributed by atoms with van der Waals surface area (Å²) in [5, 5.41) is 12.0. The number of nitrogens with two attached hydrogens (primary N) is 1. The topological polar surface area (TPSA) is 75.4 Å². The molecular weight excluding hydrogens is 204 g/mol. The van der Waals surface area contributed by atoms with Crippen LogP contribution in [0.2, 0.25) is 0 Å². The van der Waals surface area contributed by atoms with Gasteiger partial charge in [0.1, 0.15) is 5.75 Å². The molecule has 1 aliphatic carbocycles. The summed E-state index contributed by atoms with van der Waals surface area (Å²) in [6, 6.07) is 6.50. The van der Waals surface area contributed by atoms with Crippen LogP contribution in [0.4, 0.5) is 5.69 Å². The van der Waals surface area contributed by atoms with E-state index in [1.54, 1.807) is 18.2 Å². The molecule has 2 atom stereocenters. The summed E-state index contributed by atoms with van der Waals surface area (Å²) >= 11 is 0. The van der Waals surface area contributed by atoms with Crippen LogP contribution in [-0.4, -0.2) is 17.1 Å². The van der Waals surface area contributed by atoms with Crippen molar-refractivity contribution in [1.29, 1.82) is 0 Å². The minimum atomic E-state index is -0.0950. The molecule has 0 radical (unpaired) electrons. The van der Waals surface area contributed by atoms with Crippen molar-refractivity contribution in [2.45, 2.75) is 25.3 Å². The zero-order chi connectivity index (χ0) is 11.5. The largest absolute Gasteiger partial charge is 0.508 e. The Kier molecular flexibility index (Phi) is 3.10. The summed E-state index contributed by atoms with van der Waals surface area (Å²) in [4.78, 5) is 11.9. The smallest absolute Gasteiger partial charge is 0.229 e. The van der Waals surface area contributed by atoms with Crippen LogP contribution < -0.4 is 11.1 Å². The van der Waals surface area contributed by atoms with Gasteiger partial charge in [0.15, 0.2) is 0 Å². The number of carbonyl (C=O) groups is 1. The van der Waals surface area contributed by atoms with Crippen LogP contribution in [0, 0.1) is 5.92 Å². The second kappa shape index (κ2) is 4.53. The lowest BCUT2D eigenvalue weighted by Crippen LogP contribution is -2.34. The number of benzene rings is 1. The molecule has 16 heavy (non-hydrogen) atoms. The van der Waals surface area contributed by atoms with Crippen molar-refractivity contribution in [1.82, 2.24) is 0 Å². The Labute approximate surface area is 94.5 Å². The third-order valence-electron chi connectivity index (χ3n) is 3.02. The number of hydrogen-bond donors (Lipinski definition) is 3. The molecule has 0 saturated heterocycles. The highest BCUT2D eigenvalue weighted by Crippen LogP contribution is 2.25. The molecule has 0 spiro atoms. The number of nitrogens with one attached hydrogen (secondary N) is 1. The lowest BCUT2D eigenvalue weighted by molar-refractivity contribution is -0.120. The lowest BCUT2D eigenvalue weighted by Gasteiger charge is -2.15. The van der Waals surface area contributed by atoms with Crippen LogP contribution in [0.1, 0.15) is 19.3 Å². The van der Waals surface area contributed by atoms with Gasteiger partial charge in [0.05, 0.1) is 5.92 Å². The number of aromatic hydroxyl groups is 1. The maximum absolute atomic E-state index is 11.9. The van der Waals surface area contributed by atoms with Gasteiger partial charge in [-0.25, -0.2) is 0 Å². The average Bonchev–Trinajstić information content (AvgIpc) is 2.64. The van der Waals surface area contributed by atoms with Crippen molar-refractivity contribution in [2.24, 2.45) is 11.7 Å². The number of anilines is 1. The van der Waals surface area contributed by atoms with Crippen LogP contribution in [0.5, 0.6) is 5.75 Å². The van der Waals surface area contributed by atoms with E-state index in [0.29, 0.717) is 5.69 Å². The number of rotatable bonds is 2. The zero-order valence-electron chi connectivity index (χ0n) is 9.02. The molecule has 0 aliphatic heterocycles. The fraction of sp³-hybridized carbons (Fsp3) is 0.417. The molecule has 4 N–H and O–H groups in total. The van der Waals surface area contributed by atoms with Crippen LogP contribution >= 0.6 is 0 Å². The predicted octanol–water partition coefficient (Wildman–Crippen LogP) is 1.46. The fourth-order valence-corrected chi connectivity index (χ4v) is 2.13. The Morgan fingerprint density at radius 3 is 2.88 bits per heavy atom. The van der Waals surface area contributed by atoms with E-state index in [-0.39, 0.29) is 23.6 Å². The Bertz CT molecular complexity index is 392. The summed E-state index contributed by atoms with van der Waals surface area (Å²) < 4.78 is 0. The van der Waals surface area contributed by atoms with Crippen molar-refractivity contribution in [3.8, 4) is 5.75 Å². The molecule has 0 bridgehead atoms. The molecule has 4 nitrogen and oxygen atoms in total. The summed E-state index contributed by atoms with van der Waals surface area (Å²) in [6.07, 6.45) is 2.78. The second-order valence-corrected chi connectivity index (χ2v) is 4.24. The maximum Gasteiger partial charge on any atom is 0.229 e. The molecule has 1 aromatic carbocycles. The van der Waals surface area contributed by atoms with Crippen LogP contribution in [0.25, 0.3) is 0 Å². The van der Waals surface area contributed by atoms with E-state index >= 15 is 0 Å². The molecule has 1 aromatic rings. The van der Waals surface area contributed by atoms with E-state index in [2.05, 4.69) is 5.32 Å². The van der Waals surface area contributed by atoms with Crippen LogP contribution in [-0.2, 0) is 4.79 Å². The minimum absolute atomic E-state index is 0.0303. The van der Waals surface area contributed by atoms with E-state index in [4.69, 9.17) is 5.73 Å². The van der Waals surface area contributed by atoms with Crippen molar-refractivity contribution in [2.75, 3.05) is 5.32 Å². The first kappa shape index (κ1) is 11.0. The summed E-state index contributed by atoms with van der Waals surface area (Å²) in [5.74, 6) is 0.00599. The van der Waals surface area contributed by atoms with Crippen molar-refractivity contribution in [3.05, 3.63) is 24.3 Å². The van der Waals surface area contributed by atoms with Gasteiger partial charge in [-0.05, 0) is 25.0 Å². The lowest BCUT2D eigenvalue weighted by atomic mass is 10.0. The minimum Gasteiger partial charge on any atom is -0.508 e. The first-order valence-electron chi connectivity index (χ1n) is 5.52. The molecule has 0 heterocycles. The molecule has 1 saturated carbocycles. The van der Waals surface area contributed by atoms with Gasteiger partial charge >= 0.3 is 0 Å². The number of hydrogen-bond acceptors (Lipinski definition) is 3. The van der Waals surface area contributed by atoms with E-state index in [0.717, 1.165) is 19.3 Å². The molecule has 0 aromatic heterocycles. The van der Waals surface area contributed by atoms with Gasteiger partial charge in [0.25, 0.3) is 0 Å². The van der Waals surface area contributed by atoms with Gasteiger partial charge < -0.3 is 16.2 Å². The van der Waals surface area contributed by atoms with Crippen molar-refractivity contribution < 1.29 is 9.90 Å². The molecule has 2 rings (SSSR count).